The van der Waals surface area contributed by atoms with Crippen molar-refractivity contribution in [2.75, 3.05) is 16.7 Å². The van der Waals surface area contributed by atoms with Crippen LogP contribution in [-0.4, -0.2) is 48.0 Å². The summed E-state index contributed by atoms with van der Waals surface area (Å²) in [5.74, 6) is -1.27. The standard InChI is InChI=1S/C37H36N2O6S2/c1-36(2)30-20-18-28(26-12-7-5-8-13-26)22-32(30)38(24-46(40,41)42)34(36)16-11-17-35-37(3,4)31-21-19-29(27-14-9-6-10-15-27)23-33(31)39(35)25-47(43,44)45/h5-23H,24-25H2,1-4H3,(H-,40,41,42,43,44,45)/p+1. The number of nitrogens with zero attached hydrogens (tertiary/aromatic N) is 2. The van der Waals surface area contributed by atoms with Crippen LogP contribution in [0.25, 0.3) is 22.3 Å². The number of benzene rings is 4. The molecule has 6 rings (SSSR count). The molecular formula is C37H37N2O6S2+. The van der Waals surface area contributed by atoms with Gasteiger partial charge in [-0.15, -0.1) is 0 Å². The first-order valence-electron chi connectivity index (χ1n) is 15.2. The molecule has 8 nitrogen and oxygen atoms in total. The van der Waals surface area contributed by atoms with Gasteiger partial charge in [-0.05, 0) is 53.8 Å². The summed E-state index contributed by atoms with van der Waals surface area (Å²) in [5.41, 5.74) is 6.98. The Balaban J connectivity index is 1.46. The Morgan fingerprint density at radius 2 is 1.23 bits per heavy atom. The van der Waals surface area contributed by atoms with E-state index in [9.17, 15) is 25.9 Å². The van der Waals surface area contributed by atoms with E-state index in [2.05, 4.69) is 0 Å². The molecule has 0 saturated heterocycles. The molecule has 10 heteroatoms. The van der Waals surface area contributed by atoms with Crippen LogP contribution < -0.4 is 4.90 Å². The molecule has 0 fully saturated rings. The van der Waals surface area contributed by atoms with E-state index < -0.39 is 42.8 Å². The van der Waals surface area contributed by atoms with Gasteiger partial charge < -0.3 is 4.90 Å². The highest BCUT2D eigenvalue weighted by molar-refractivity contribution is 7.86. The molecule has 2 aliphatic heterocycles. The molecule has 0 bridgehead atoms. The highest BCUT2D eigenvalue weighted by Gasteiger charge is 2.46. The van der Waals surface area contributed by atoms with Crippen molar-refractivity contribution in [3.8, 4) is 22.3 Å². The molecule has 47 heavy (non-hydrogen) atoms. The smallest absolute Gasteiger partial charge is 0.326 e. The van der Waals surface area contributed by atoms with Crippen LogP contribution >= 0.6 is 0 Å². The van der Waals surface area contributed by atoms with Gasteiger partial charge in [-0.25, -0.2) is 0 Å². The third-order valence-electron chi connectivity index (χ3n) is 9.09. The molecule has 0 aromatic heterocycles. The Labute approximate surface area is 276 Å². The minimum Gasteiger partial charge on any atom is -0.327 e. The van der Waals surface area contributed by atoms with Crippen molar-refractivity contribution in [2.45, 2.75) is 38.5 Å². The monoisotopic (exact) mass is 669 g/mol. The van der Waals surface area contributed by atoms with Gasteiger partial charge in [0.2, 0.25) is 5.69 Å². The van der Waals surface area contributed by atoms with Gasteiger partial charge in [0.05, 0.1) is 5.41 Å². The maximum atomic E-state index is 12.3. The average Bonchev–Trinajstić information content (AvgIpc) is 3.34. The predicted octanol–water partition coefficient (Wildman–Crippen LogP) is 7.33. The van der Waals surface area contributed by atoms with Crippen molar-refractivity contribution in [3.05, 3.63) is 132 Å². The summed E-state index contributed by atoms with van der Waals surface area (Å²) in [6, 6.07) is 31.4. The molecule has 2 aliphatic rings. The molecule has 242 valence electrons. The lowest BCUT2D eigenvalue weighted by atomic mass is 9.80. The van der Waals surface area contributed by atoms with Crippen molar-refractivity contribution >= 4 is 37.3 Å². The first kappa shape index (κ1) is 32.6. The van der Waals surface area contributed by atoms with Crippen molar-refractivity contribution < 1.29 is 30.5 Å². The van der Waals surface area contributed by atoms with Crippen LogP contribution in [0.3, 0.4) is 0 Å². The third kappa shape index (κ3) is 6.34. The second kappa shape index (κ2) is 11.7. The minimum absolute atomic E-state index is 0.628. The van der Waals surface area contributed by atoms with E-state index >= 15 is 0 Å². The normalized spacial score (nSPS) is 17.8. The minimum atomic E-state index is -4.41. The fourth-order valence-electron chi connectivity index (χ4n) is 6.83. The summed E-state index contributed by atoms with van der Waals surface area (Å²) in [6.07, 6.45) is 5.39. The number of rotatable bonds is 8. The number of hydrogen-bond donors (Lipinski definition) is 2. The molecule has 0 radical (unpaired) electrons. The summed E-state index contributed by atoms with van der Waals surface area (Å²) in [7, 11) is -8.82. The van der Waals surface area contributed by atoms with Gasteiger partial charge in [0.25, 0.3) is 16.0 Å². The number of fused-ring (bicyclic) bond motifs is 2. The number of hydrogen-bond acceptors (Lipinski definition) is 5. The first-order valence-corrected chi connectivity index (χ1v) is 18.4. The molecule has 0 saturated carbocycles. The van der Waals surface area contributed by atoms with Crippen LogP contribution in [0.5, 0.6) is 0 Å². The molecule has 0 spiro atoms. The summed E-state index contributed by atoms with van der Waals surface area (Å²) < 4.78 is 70.7. The maximum Gasteiger partial charge on any atom is 0.326 e. The highest BCUT2D eigenvalue weighted by Crippen LogP contribution is 2.49. The zero-order valence-corrected chi connectivity index (χ0v) is 28.3. The zero-order chi connectivity index (χ0) is 33.8. The second-order valence-corrected chi connectivity index (χ2v) is 15.9. The molecule has 0 amide bonds. The molecule has 4 aromatic carbocycles. The SMILES string of the molecule is CC1(C)C(=CC=CC2=[N+](CS(=O)(=O)O)c3cc(-c4ccccc4)ccc3C2(C)C)N(CS(=O)(=O)O)c2cc(-c3ccccc3)ccc21. The van der Waals surface area contributed by atoms with Gasteiger partial charge in [-0.3, -0.25) is 9.11 Å². The fourth-order valence-corrected chi connectivity index (χ4v) is 8.04. The first-order chi connectivity index (χ1) is 22.1. The van der Waals surface area contributed by atoms with Gasteiger partial charge in [-0.1, -0.05) is 105 Å². The lowest BCUT2D eigenvalue weighted by Gasteiger charge is -2.25. The summed E-state index contributed by atoms with van der Waals surface area (Å²) in [6.45, 7) is 7.98. The summed E-state index contributed by atoms with van der Waals surface area (Å²) in [4.78, 5) is 1.61. The molecule has 2 N–H and O–H groups in total. The van der Waals surface area contributed by atoms with Crippen molar-refractivity contribution in [2.24, 2.45) is 0 Å². The van der Waals surface area contributed by atoms with Gasteiger partial charge in [-0.2, -0.15) is 21.4 Å². The molecule has 0 unspecified atom stereocenters. The van der Waals surface area contributed by atoms with Crippen LogP contribution in [0, 0.1) is 0 Å². The van der Waals surface area contributed by atoms with Crippen LogP contribution in [0.4, 0.5) is 11.4 Å². The number of anilines is 1. The number of allylic oxidation sites excluding steroid dienone is 4. The Morgan fingerprint density at radius 3 is 1.79 bits per heavy atom. The van der Waals surface area contributed by atoms with Crippen LogP contribution in [0.1, 0.15) is 38.8 Å². The Kier molecular flexibility index (Phi) is 8.12. The topological polar surface area (TPSA) is 115 Å². The Hall–Kier alpha value is -4.35. The van der Waals surface area contributed by atoms with Crippen LogP contribution in [0.15, 0.2) is 121 Å². The lowest BCUT2D eigenvalue weighted by Crippen LogP contribution is -2.31. The van der Waals surface area contributed by atoms with E-state index in [1.54, 1.807) is 27.7 Å². The summed E-state index contributed by atoms with van der Waals surface area (Å²) in [5, 5.41) is 0. The van der Waals surface area contributed by atoms with Gasteiger partial charge in [0, 0.05) is 34.5 Å². The quantitative estimate of drug-likeness (QED) is 0.149. The third-order valence-corrected chi connectivity index (χ3v) is 10.3. The van der Waals surface area contributed by atoms with E-state index in [0.717, 1.165) is 33.4 Å². The molecular weight excluding hydrogens is 633 g/mol. The van der Waals surface area contributed by atoms with E-state index in [1.165, 1.54) is 0 Å². The van der Waals surface area contributed by atoms with E-state index in [0.29, 0.717) is 22.8 Å². The van der Waals surface area contributed by atoms with Gasteiger partial charge >= 0.3 is 10.1 Å². The molecule has 0 atom stereocenters. The van der Waals surface area contributed by atoms with E-state index in [-0.39, 0.29) is 0 Å². The predicted molar refractivity (Wildman–Crippen MR) is 187 cm³/mol. The highest BCUT2D eigenvalue weighted by atomic mass is 32.2. The Bertz CT molecular complexity index is 2190. The molecule has 2 heterocycles. The van der Waals surface area contributed by atoms with Crippen molar-refractivity contribution in [1.29, 1.82) is 0 Å². The average molecular weight is 670 g/mol. The van der Waals surface area contributed by atoms with Crippen LogP contribution in [-0.2, 0) is 31.1 Å². The molecule has 4 aromatic rings. The largest absolute Gasteiger partial charge is 0.327 e. The lowest BCUT2D eigenvalue weighted by molar-refractivity contribution is -0.415. The van der Waals surface area contributed by atoms with Crippen LogP contribution in [0.2, 0.25) is 0 Å². The maximum absolute atomic E-state index is 12.3. The van der Waals surface area contributed by atoms with Crippen molar-refractivity contribution in [3.63, 3.8) is 0 Å². The summed E-state index contributed by atoms with van der Waals surface area (Å²) >= 11 is 0. The van der Waals surface area contributed by atoms with E-state index in [1.807, 2.05) is 125 Å². The Morgan fingerprint density at radius 1 is 0.681 bits per heavy atom. The van der Waals surface area contributed by atoms with E-state index in [4.69, 9.17) is 0 Å². The van der Waals surface area contributed by atoms with Gasteiger partial charge in [0.15, 0.2) is 11.6 Å². The van der Waals surface area contributed by atoms with Gasteiger partial charge in [0.1, 0.15) is 0 Å². The second-order valence-electron chi connectivity index (χ2n) is 13.0. The van der Waals surface area contributed by atoms with Crippen molar-refractivity contribution in [1.82, 2.24) is 0 Å². The molecule has 0 aliphatic carbocycles. The fraction of sp³-hybridized carbons (Fsp3) is 0.216. The zero-order valence-electron chi connectivity index (χ0n) is 26.6.